The first-order valence-electron chi connectivity index (χ1n) is 6.77. The number of aromatic nitrogens is 3. The molecule has 0 bridgehead atoms. The summed E-state index contributed by atoms with van der Waals surface area (Å²) in [7, 11) is 0. The molecule has 0 aliphatic heterocycles. The van der Waals surface area contributed by atoms with E-state index in [-0.39, 0.29) is 17.1 Å². The van der Waals surface area contributed by atoms with Gasteiger partial charge in [0.05, 0.1) is 22.4 Å². The van der Waals surface area contributed by atoms with Crippen LogP contribution in [0.15, 0.2) is 30.0 Å². The molecule has 0 amide bonds. The second kappa shape index (κ2) is 6.93. The number of nitrogens with two attached hydrogens (primary N) is 1. The van der Waals surface area contributed by atoms with Crippen molar-refractivity contribution in [3.05, 3.63) is 51.3 Å². The Kier molecular flexibility index (Phi) is 4.89. The number of nitro benzene ring substituents is 1. The van der Waals surface area contributed by atoms with E-state index in [1.54, 1.807) is 6.07 Å². The van der Waals surface area contributed by atoms with Crippen LogP contribution >= 0.6 is 0 Å². The minimum Gasteiger partial charge on any atom is -0.396 e. The Labute approximate surface area is 148 Å². The fraction of sp³-hybridized carbons (Fsp3) is 0.0714. The molecule has 0 fully saturated rings. The Balaban J connectivity index is 2.59. The van der Waals surface area contributed by atoms with Gasteiger partial charge in [-0.1, -0.05) is 0 Å². The van der Waals surface area contributed by atoms with E-state index >= 15 is 0 Å². The van der Waals surface area contributed by atoms with Crippen LogP contribution in [0.1, 0.15) is 11.3 Å². The summed E-state index contributed by atoms with van der Waals surface area (Å²) in [5.41, 5.74) is 1.36. The van der Waals surface area contributed by atoms with Crippen LogP contribution in [-0.4, -0.2) is 25.6 Å². The van der Waals surface area contributed by atoms with Crippen LogP contribution in [0.3, 0.4) is 0 Å². The number of nitrogens with zero attached hydrogens (tertiary/aromatic N) is 6. The van der Waals surface area contributed by atoms with Crippen molar-refractivity contribution in [2.45, 2.75) is 6.18 Å². The number of halogens is 3. The summed E-state index contributed by atoms with van der Waals surface area (Å²) in [4.78, 5) is 10.8. The Hall–Kier alpha value is -4.26. The van der Waals surface area contributed by atoms with Crippen molar-refractivity contribution in [2.24, 2.45) is 5.73 Å². The van der Waals surface area contributed by atoms with Crippen LogP contribution in [0.25, 0.3) is 11.4 Å². The SMILES string of the molecule is N#CC(=N)C(C#N)=C(N)c1cnn(-c2ccc(C(F)(F)F)cc2[N+](=O)[O-])n1. The molecule has 2 aromatic rings. The molecule has 1 aromatic carbocycles. The summed E-state index contributed by atoms with van der Waals surface area (Å²) in [5, 5.41) is 43.6. The smallest absolute Gasteiger partial charge is 0.396 e. The molecule has 0 saturated heterocycles. The van der Waals surface area contributed by atoms with Gasteiger partial charge in [0.15, 0.2) is 11.4 Å². The zero-order valence-corrected chi connectivity index (χ0v) is 13.0. The third kappa shape index (κ3) is 3.72. The third-order valence-electron chi connectivity index (χ3n) is 3.23. The highest BCUT2D eigenvalue weighted by Gasteiger charge is 2.33. The minimum atomic E-state index is -4.78. The molecule has 0 radical (unpaired) electrons. The molecule has 0 aliphatic carbocycles. The molecule has 27 heavy (non-hydrogen) atoms. The van der Waals surface area contributed by atoms with E-state index in [1.807, 2.05) is 0 Å². The van der Waals surface area contributed by atoms with Gasteiger partial charge >= 0.3 is 6.18 Å². The number of hydrogen-bond donors (Lipinski definition) is 2. The van der Waals surface area contributed by atoms with Crippen molar-refractivity contribution in [1.29, 1.82) is 15.9 Å². The number of nitrogens with one attached hydrogen (secondary N) is 1. The summed E-state index contributed by atoms with van der Waals surface area (Å²) in [5.74, 6) is 0. The summed E-state index contributed by atoms with van der Waals surface area (Å²) < 4.78 is 38.3. The van der Waals surface area contributed by atoms with E-state index in [0.717, 1.165) is 12.3 Å². The quantitative estimate of drug-likeness (QED) is 0.355. The molecular formula is C14H7F3N8O2. The highest BCUT2D eigenvalue weighted by molar-refractivity contribution is 6.16. The standard InChI is InChI=1S/C14H7F3N8O2/c15-14(16,17)7-1-2-11(12(3-7)25(26)27)24-22-6-10(23-24)13(21)8(4-18)9(20)5-19/h1-3,6,20H,21H2. The largest absolute Gasteiger partial charge is 0.416 e. The average molecular weight is 376 g/mol. The fourth-order valence-electron chi connectivity index (χ4n) is 1.95. The maximum absolute atomic E-state index is 12.8. The van der Waals surface area contributed by atoms with Gasteiger partial charge in [-0.3, -0.25) is 15.5 Å². The minimum absolute atomic E-state index is 0.194. The number of nitriles is 2. The molecule has 1 heterocycles. The molecule has 1 aromatic heterocycles. The number of hydrogen-bond acceptors (Lipinski definition) is 8. The lowest BCUT2D eigenvalue weighted by Gasteiger charge is -2.08. The van der Waals surface area contributed by atoms with Gasteiger partial charge in [0.2, 0.25) is 0 Å². The zero-order valence-electron chi connectivity index (χ0n) is 13.0. The van der Waals surface area contributed by atoms with Crippen molar-refractivity contribution in [2.75, 3.05) is 0 Å². The van der Waals surface area contributed by atoms with Gasteiger partial charge in [-0.15, -0.1) is 9.90 Å². The highest BCUT2D eigenvalue weighted by Crippen LogP contribution is 2.34. The molecular weight excluding hydrogens is 369 g/mol. The van der Waals surface area contributed by atoms with Gasteiger partial charge in [-0.25, -0.2) is 0 Å². The van der Waals surface area contributed by atoms with E-state index in [9.17, 15) is 23.3 Å². The average Bonchev–Trinajstić information content (AvgIpc) is 3.10. The molecule has 0 aliphatic rings. The van der Waals surface area contributed by atoms with Crippen LogP contribution in [0.5, 0.6) is 0 Å². The molecule has 10 nitrogen and oxygen atoms in total. The van der Waals surface area contributed by atoms with E-state index in [0.29, 0.717) is 16.9 Å². The molecule has 13 heteroatoms. The zero-order chi connectivity index (χ0) is 20.4. The highest BCUT2D eigenvalue weighted by atomic mass is 19.4. The Morgan fingerprint density at radius 3 is 2.52 bits per heavy atom. The monoisotopic (exact) mass is 376 g/mol. The van der Waals surface area contributed by atoms with Crippen molar-refractivity contribution < 1.29 is 18.1 Å². The number of nitro groups is 1. The molecule has 2 rings (SSSR count). The molecule has 0 atom stereocenters. The summed E-state index contributed by atoms with van der Waals surface area (Å²) in [6.07, 6.45) is -3.79. The van der Waals surface area contributed by atoms with E-state index in [2.05, 4.69) is 10.2 Å². The lowest BCUT2D eigenvalue weighted by Crippen LogP contribution is -2.10. The second-order valence-corrected chi connectivity index (χ2v) is 4.86. The predicted octanol–water partition coefficient (Wildman–Crippen LogP) is 1.93. The summed E-state index contributed by atoms with van der Waals surface area (Å²) in [6, 6.07) is 4.74. The van der Waals surface area contributed by atoms with Gasteiger partial charge in [0.25, 0.3) is 5.69 Å². The van der Waals surface area contributed by atoms with Crippen molar-refractivity contribution >= 4 is 17.1 Å². The molecule has 0 saturated carbocycles. The Morgan fingerprint density at radius 2 is 2.00 bits per heavy atom. The van der Waals surface area contributed by atoms with Gasteiger partial charge < -0.3 is 5.73 Å². The van der Waals surface area contributed by atoms with Gasteiger partial charge in [0, 0.05) is 6.07 Å². The lowest BCUT2D eigenvalue weighted by molar-refractivity contribution is -0.384. The summed E-state index contributed by atoms with van der Waals surface area (Å²) in [6.45, 7) is 0. The van der Waals surface area contributed by atoms with Crippen molar-refractivity contribution in [3.8, 4) is 17.8 Å². The van der Waals surface area contributed by atoms with E-state index in [4.69, 9.17) is 21.7 Å². The van der Waals surface area contributed by atoms with Crippen LogP contribution in [0.2, 0.25) is 0 Å². The third-order valence-corrected chi connectivity index (χ3v) is 3.23. The van der Waals surface area contributed by atoms with Crippen LogP contribution in [-0.2, 0) is 6.18 Å². The normalized spacial score (nSPS) is 11.9. The van der Waals surface area contributed by atoms with Crippen LogP contribution < -0.4 is 5.73 Å². The Morgan fingerprint density at radius 1 is 1.33 bits per heavy atom. The lowest BCUT2D eigenvalue weighted by atomic mass is 10.1. The number of rotatable bonds is 4. The number of benzene rings is 1. The maximum Gasteiger partial charge on any atom is 0.416 e. The summed E-state index contributed by atoms with van der Waals surface area (Å²) >= 11 is 0. The van der Waals surface area contributed by atoms with E-state index < -0.39 is 33.6 Å². The van der Waals surface area contributed by atoms with E-state index in [1.165, 1.54) is 6.07 Å². The van der Waals surface area contributed by atoms with Crippen molar-refractivity contribution in [1.82, 2.24) is 15.0 Å². The first-order chi connectivity index (χ1) is 12.6. The van der Waals surface area contributed by atoms with Gasteiger partial charge in [-0.05, 0) is 12.1 Å². The molecule has 136 valence electrons. The number of allylic oxidation sites excluding steroid dienone is 1. The van der Waals surface area contributed by atoms with Gasteiger partial charge in [-0.2, -0.15) is 28.8 Å². The fourth-order valence-corrected chi connectivity index (χ4v) is 1.95. The topological polar surface area (TPSA) is 171 Å². The first-order valence-corrected chi connectivity index (χ1v) is 6.77. The first kappa shape index (κ1) is 19.1. The van der Waals surface area contributed by atoms with Gasteiger partial charge in [0.1, 0.15) is 23.4 Å². The van der Waals surface area contributed by atoms with Crippen molar-refractivity contribution in [3.63, 3.8) is 0 Å². The molecule has 0 spiro atoms. The number of alkyl halides is 3. The molecule has 3 N–H and O–H groups in total. The Bertz CT molecular complexity index is 1060. The predicted molar refractivity (Wildman–Crippen MR) is 83.1 cm³/mol. The second-order valence-electron chi connectivity index (χ2n) is 4.86. The van der Waals surface area contributed by atoms with Crippen LogP contribution in [0, 0.1) is 38.2 Å². The maximum atomic E-state index is 12.8. The van der Waals surface area contributed by atoms with Crippen LogP contribution in [0.4, 0.5) is 18.9 Å². The molecule has 0 unspecified atom stereocenters.